The number of carboxylic acid groups (broad SMARTS) is 1. The molecule has 0 saturated carbocycles. The summed E-state index contributed by atoms with van der Waals surface area (Å²) in [6, 6.07) is 11.4. The Balaban J connectivity index is 2.19. The van der Waals surface area contributed by atoms with Gasteiger partial charge in [0.05, 0.1) is 12.0 Å². The van der Waals surface area contributed by atoms with Gasteiger partial charge < -0.3 is 10.8 Å². The third-order valence-corrected chi connectivity index (χ3v) is 3.44. The Labute approximate surface area is 131 Å². The van der Waals surface area contributed by atoms with Crippen molar-refractivity contribution in [3.8, 4) is 0 Å². The molecule has 0 aromatic heterocycles. The van der Waals surface area contributed by atoms with E-state index in [-0.39, 0.29) is 6.42 Å². The largest absolute Gasteiger partial charge is 0.481 e. The number of hydrogen-bond acceptors (Lipinski definition) is 2. The van der Waals surface area contributed by atoms with Crippen molar-refractivity contribution in [2.75, 3.05) is 0 Å². The van der Waals surface area contributed by atoms with Gasteiger partial charge in [0.1, 0.15) is 0 Å². The second kappa shape index (κ2) is 6.83. The first-order chi connectivity index (χ1) is 10.8. The summed E-state index contributed by atoms with van der Waals surface area (Å²) in [4.78, 5) is 10.7. The molecule has 1 atom stereocenters. The quantitative estimate of drug-likeness (QED) is 0.880. The number of nitrogens with two attached hydrogens (primary N) is 1. The minimum absolute atomic E-state index is 0.201. The molecule has 1 unspecified atom stereocenters. The molecule has 0 saturated heterocycles. The Morgan fingerprint density at radius 3 is 2.30 bits per heavy atom. The van der Waals surface area contributed by atoms with Gasteiger partial charge in [-0.15, -0.1) is 0 Å². The minimum Gasteiger partial charge on any atom is -0.481 e. The lowest BCUT2D eigenvalue weighted by Crippen LogP contribution is -2.15. The van der Waals surface area contributed by atoms with E-state index in [0.717, 1.165) is 17.7 Å². The molecule has 0 fully saturated rings. The highest BCUT2D eigenvalue weighted by atomic mass is 19.4. The number of aliphatic carboxylic acids is 1. The topological polar surface area (TPSA) is 63.3 Å². The summed E-state index contributed by atoms with van der Waals surface area (Å²) in [5, 5.41) is 8.77. The zero-order valence-corrected chi connectivity index (χ0v) is 12.2. The molecule has 2 aromatic rings. The molecule has 0 aliphatic heterocycles. The van der Waals surface area contributed by atoms with Gasteiger partial charge in [-0.2, -0.15) is 13.2 Å². The number of carbonyl (C=O) groups is 1. The van der Waals surface area contributed by atoms with Crippen molar-refractivity contribution >= 4 is 5.97 Å². The zero-order chi connectivity index (χ0) is 17.0. The summed E-state index contributed by atoms with van der Waals surface area (Å²) >= 11 is 0. The molecule has 0 amide bonds. The van der Waals surface area contributed by atoms with Crippen LogP contribution in [0.4, 0.5) is 13.2 Å². The highest BCUT2D eigenvalue weighted by Crippen LogP contribution is 2.30. The van der Waals surface area contributed by atoms with Crippen LogP contribution in [0.25, 0.3) is 0 Å². The summed E-state index contributed by atoms with van der Waals surface area (Å²) in [6.07, 6.45) is -4.26. The van der Waals surface area contributed by atoms with Crippen molar-refractivity contribution < 1.29 is 23.1 Å². The second-order valence-corrected chi connectivity index (χ2v) is 5.32. The summed E-state index contributed by atoms with van der Waals surface area (Å²) in [5.41, 5.74) is 7.08. The van der Waals surface area contributed by atoms with Crippen LogP contribution in [0, 0.1) is 0 Å². The molecule has 0 aliphatic carbocycles. The van der Waals surface area contributed by atoms with E-state index in [2.05, 4.69) is 0 Å². The van der Waals surface area contributed by atoms with Crippen molar-refractivity contribution in [1.29, 1.82) is 0 Å². The van der Waals surface area contributed by atoms with Crippen molar-refractivity contribution in [3.05, 3.63) is 70.8 Å². The van der Waals surface area contributed by atoms with Crippen molar-refractivity contribution in [1.82, 2.24) is 0 Å². The van der Waals surface area contributed by atoms with Crippen LogP contribution >= 0.6 is 0 Å². The molecular weight excluding hydrogens is 307 g/mol. The third kappa shape index (κ3) is 4.82. The fraction of sp³-hybridized carbons (Fsp3) is 0.235. The second-order valence-electron chi connectivity index (χ2n) is 5.32. The molecule has 2 rings (SSSR count). The highest BCUT2D eigenvalue weighted by Gasteiger charge is 2.30. The maximum Gasteiger partial charge on any atom is 0.416 e. The molecule has 0 heterocycles. The van der Waals surface area contributed by atoms with Crippen LogP contribution in [0.1, 0.15) is 34.7 Å². The minimum atomic E-state index is -4.37. The fourth-order valence-corrected chi connectivity index (χ4v) is 2.33. The van der Waals surface area contributed by atoms with Gasteiger partial charge >= 0.3 is 12.1 Å². The number of alkyl halides is 3. The molecule has 3 nitrogen and oxygen atoms in total. The van der Waals surface area contributed by atoms with E-state index in [1.807, 2.05) is 0 Å². The average molecular weight is 323 g/mol. The van der Waals surface area contributed by atoms with E-state index < -0.39 is 23.8 Å². The van der Waals surface area contributed by atoms with Crippen LogP contribution in [0.3, 0.4) is 0 Å². The Hall–Kier alpha value is -2.34. The molecule has 0 spiro atoms. The molecule has 0 bridgehead atoms. The van der Waals surface area contributed by atoms with Gasteiger partial charge in [0.2, 0.25) is 0 Å². The predicted octanol–water partition coefficient (Wildman–Crippen LogP) is 3.77. The molecule has 6 heteroatoms. The van der Waals surface area contributed by atoms with Crippen LogP contribution in [0.5, 0.6) is 0 Å². The Morgan fingerprint density at radius 2 is 1.70 bits per heavy atom. The van der Waals surface area contributed by atoms with Crippen molar-refractivity contribution in [3.63, 3.8) is 0 Å². The van der Waals surface area contributed by atoms with Gasteiger partial charge in [-0.3, -0.25) is 4.79 Å². The van der Waals surface area contributed by atoms with Gasteiger partial charge in [0.25, 0.3) is 0 Å². The monoisotopic (exact) mass is 323 g/mol. The fourth-order valence-electron chi connectivity index (χ4n) is 2.33. The van der Waals surface area contributed by atoms with E-state index in [9.17, 15) is 18.0 Å². The third-order valence-electron chi connectivity index (χ3n) is 3.44. The summed E-state index contributed by atoms with van der Waals surface area (Å²) in [6.45, 7) is 0. The molecule has 0 radical (unpaired) electrons. The van der Waals surface area contributed by atoms with Crippen molar-refractivity contribution in [2.45, 2.75) is 25.1 Å². The first kappa shape index (κ1) is 17.0. The first-order valence-electron chi connectivity index (χ1n) is 6.98. The number of benzene rings is 2. The van der Waals surface area contributed by atoms with Gasteiger partial charge in [0.15, 0.2) is 0 Å². The number of halogens is 3. The summed E-state index contributed by atoms with van der Waals surface area (Å²) in [5.74, 6) is -0.999. The van der Waals surface area contributed by atoms with Crippen LogP contribution in [0.2, 0.25) is 0 Å². The lowest BCUT2D eigenvalue weighted by Gasteiger charge is -2.12. The first-order valence-corrected chi connectivity index (χ1v) is 6.98. The zero-order valence-electron chi connectivity index (χ0n) is 12.2. The lowest BCUT2D eigenvalue weighted by atomic mass is 9.98. The van der Waals surface area contributed by atoms with Gasteiger partial charge in [-0.05, 0) is 29.2 Å². The summed E-state index contributed by atoms with van der Waals surface area (Å²) < 4.78 is 38.2. The standard InChI is InChI=1S/C17H16F3NO2/c18-17(19,20)14-6-2-4-12(9-14)7-11-3-1-5-13(8-11)15(21)10-16(22)23/h1-6,8-9,15H,7,10,21H2,(H,22,23). The Bertz CT molecular complexity index is 698. The van der Waals surface area contributed by atoms with Crippen LogP contribution in [0.15, 0.2) is 48.5 Å². The highest BCUT2D eigenvalue weighted by molar-refractivity contribution is 5.67. The van der Waals surface area contributed by atoms with E-state index in [0.29, 0.717) is 17.5 Å². The lowest BCUT2D eigenvalue weighted by molar-refractivity contribution is -0.138. The summed E-state index contributed by atoms with van der Waals surface area (Å²) in [7, 11) is 0. The van der Waals surface area contributed by atoms with Gasteiger partial charge in [-0.25, -0.2) is 0 Å². The number of rotatable bonds is 5. The Kier molecular flexibility index (Phi) is 5.05. The predicted molar refractivity (Wildman–Crippen MR) is 79.9 cm³/mol. The van der Waals surface area contributed by atoms with Crippen LogP contribution in [-0.2, 0) is 17.4 Å². The number of hydrogen-bond donors (Lipinski definition) is 2. The maximum atomic E-state index is 12.7. The van der Waals surface area contributed by atoms with E-state index in [4.69, 9.17) is 10.8 Å². The number of carboxylic acids is 1. The molecule has 2 aromatic carbocycles. The molecule has 0 aliphatic rings. The van der Waals surface area contributed by atoms with E-state index in [1.54, 1.807) is 30.3 Å². The van der Waals surface area contributed by atoms with E-state index in [1.165, 1.54) is 6.07 Å². The van der Waals surface area contributed by atoms with Gasteiger partial charge in [-0.1, -0.05) is 42.5 Å². The molecule has 23 heavy (non-hydrogen) atoms. The molecular formula is C17H16F3NO2. The Morgan fingerprint density at radius 1 is 1.09 bits per heavy atom. The van der Waals surface area contributed by atoms with Crippen LogP contribution < -0.4 is 5.73 Å². The normalized spacial score (nSPS) is 12.9. The van der Waals surface area contributed by atoms with Crippen LogP contribution in [-0.4, -0.2) is 11.1 Å². The molecule has 122 valence electrons. The van der Waals surface area contributed by atoms with E-state index >= 15 is 0 Å². The molecule has 3 N–H and O–H groups in total. The average Bonchev–Trinajstić information content (AvgIpc) is 2.46. The smallest absolute Gasteiger partial charge is 0.416 e. The van der Waals surface area contributed by atoms with Crippen molar-refractivity contribution in [2.24, 2.45) is 5.73 Å². The SMILES string of the molecule is NC(CC(=O)O)c1cccc(Cc2cccc(C(F)(F)F)c2)c1. The maximum absolute atomic E-state index is 12.7. The van der Waals surface area contributed by atoms with Gasteiger partial charge in [0, 0.05) is 6.04 Å².